The van der Waals surface area contributed by atoms with Crippen LogP contribution in [0.2, 0.25) is 10.0 Å². The highest BCUT2D eigenvalue weighted by Crippen LogP contribution is 2.26. The first-order valence-corrected chi connectivity index (χ1v) is 11.6. The van der Waals surface area contributed by atoms with Gasteiger partial charge in [-0.05, 0) is 61.6 Å². The highest BCUT2D eigenvalue weighted by atomic mass is 35.5. The predicted molar refractivity (Wildman–Crippen MR) is 125 cm³/mol. The number of halogens is 2. The minimum absolute atomic E-state index is 0.164. The molecule has 0 bridgehead atoms. The van der Waals surface area contributed by atoms with Gasteiger partial charge in [-0.3, -0.25) is 14.4 Å². The Balaban J connectivity index is 1.44. The van der Waals surface area contributed by atoms with E-state index in [0.29, 0.717) is 47.2 Å². The summed E-state index contributed by atoms with van der Waals surface area (Å²) in [6.45, 7) is 1.87. The Morgan fingerprint density at radius 2 is 1.75 bits per heavy atom. The van der Waals surface area contributed by atoms with Crippen molar-refractivity contribution < 1.29 is 14.4 Å². The summed E-state index contributed by atoms with van der Waals surface area (Å²) in [4.78, 5) is 41.5. The highest BCUT2D eigenvalue weighted by Gasteiger charge is 2.32. The number of piperidine rings is 1. The normalized spacial score (nSPS) is 18.7. The first-order chi connectivity index (χ1) is 15.4. The standard InChI is InChI=1S/C24H25Cl2N3O3/c25-19-11-10-18(14-20(19)26)27-23(31)21-4-1-2-13-29(21)24(32)17-8-6-16(7-9-17)15-28-12-3-5-22(28)30/h6-11,14,21H,1-5,12-13,15H2,(H,27,31). The Morgan fingerprint density at radius 3 is 2.44 bits per heavy atom. The summed E-state index contributed by atoms with van der Waals surface area (Å²) in [5.74, 6) is -0.224. The lowest BCUT2D eigenvalue weighted by Crippen LogP contribution is -2.50. The van der Waals surface area contributed by atoms with Gasteiger partial charge in [0, 0.05) is 37.3 Å². The van der Waals surface area contributed by atoms with Crippen LogP contribution in [-0.4, -0.2) is 46.7 Å². The molecule has 6 nitrogen and oxygen atoms in total. The molecule has 0 saturated carbocycles. The van der Waals surface area contributed by atoms with Gasteiger partial charge in [-0.2, -0.15) is 0 Å². The van der Waals surface area contributed by atoms with E-state index in [-0.39, 0.29) is 17.7 Å². The van der Waals surface area contributed by atoms with Crippen LogP contribution in [0.3, 0.4) is 0 Å². The second-order valence-electron chi connectivity index (χ2n) is 8.24. The molecule has 0 radical (unpaired) electrons. The molecular weight excluding hydrogens is 449 g/mol. The van der Waals surface area contributed by atoms with Gasteiger partial charge < -0.3 is 15.1 Å². The quantitative estimate of drug-likeness (QED) is 0.680. The predicted octanol–water partition coefficient (Wildman–Crippen LogP) is 4.75. The van der Waals surface area contributed by atoms with Crippen LogP contribution < -0.4 is 5.32 Å². The maximum Gasteiger partial charge on any atom is 0.254 e. The molecule has 3 amide bonds. The maximum atomic E-state index is 13.2. The molecule has 168 valence electrons. The number of hydrogen-bond acceptors (Lipinski definition) is 3. The third-order valence-electron chi connectivity index (χ3n) is 6.00. The zero-order valence-electron chi connectivity index (χ0n) is 17.7. The fourth-order valence-corrected chi connectivity index (χ4v) is 4.55. The maximum absolute atomic E-state index is 13.2. The number of nitrogens with one attached hydrogen (secondary N) is 1. The topological polar surface area (TPSA) is 69.7 Å². The molecule has 0 aliphatic carbocycles. The van der Waals surface area contributed by atoms with Gasteiger partial charge in [0.2, 0.25) is 11.8 Å². The van der Waals surface area contributed by atoms with Gasteiger partial charge in [-0.1, -0.05) is 35.3 Å². The molecule has 2 aliphatic heterocycles. The van der Waals surface area contributed by atoms with Gasteiger partial charge in [0.25, 0.3) is 5.91 Å². The Hall–Kier alpha value is -2.57. The van der Waals surface area contributed by atoms with Crippen molar-refractivity contribution in [2.24, 2.45) is 0 Å². The van der Waals surface area contributed by atoms with Gasteiger partial charge in [0.1, 0.15) is 6.04 Å². The third kappa shape index (κ3) is 5.08. The Kier molecular flexibility index (Phi) is 7.01. The first-order valence-electron chi connectivity index (χ1n) is 10.9. The van der Waals surface area contributed by atoms with Crippen LogP contribution in [0.25, 0.3) is 0 Å². The smallest absolute Gasteiger partial charge is 0.254 e. The molecule has 2 heterocycles. The van der Waals surface area contributed by atoms with Crippen molar-refractivity contribution in [3.8, 4) is 0 Å². The molecule has 1 atom stereocenters. The number of likely N-dealkylation sites (tertiary alicyclic amines) is 2. The first kappa shape index (κ1) is 22.6. The number of amides is 3. The number of benzene rings is 2. The van der Waals surface area contributed by atoms with E-state index >= 15 is 0 Å². The lowest BCUT2D eigenvalue weighted by molar-refractivity contribution is -0.128. The molecule has 2 aliphatic rings. The Labute approximate surface area is 197 Å². The van der Waals surface area contributed by atoms with Crippen molar-refractivity contribution in [3.05, 3.63) is 63.6 Å². The van der Waals surface area contributed by atoms with Gasteiger partial charge in [0.05, 0.1) is 10.0 Å². The van der Waals surface area contributed by atoms with E-state index in [9.17, 15) is 14.4 Å². The third-order valence-corrected chi connectivity index (χ3v) is 6.74. The minimum Gasteiger partial charge on any atom is -0.338 e. The molecule has 1 unspecified atom stereocenters. The molecule has 2 aromatic carbocycles. The van der Waals surface area contributed by atoms with Gasteiger partial charge in [-0.25, -0.2) is 0 Å². The van der Waals surface area contributed by atoms with Crippen LogP contribution in [0, 0.1) is 0 Å². The van der Waals surface area contributed by atoms with Gasteiger partial charge in [-0.15, -0.1) is 0 Å². The summed E-state index contributed by atoms with van der Waals surface area (Å²) in [6.07, 6.45) is 3.85. The van der Waals surface area contributed by atoms with Crippen LogP contribution in [0.4, 0.5) is 5.69 Å². The van der Waals surface area contributed by atoms with E-state index in [4.69, 9.17) is 23.2 Å². The van der Waals surface area contributed by atoms with Gasteiger partial charge in [0.15, 0.2) is 0 Å². The van der Waals surface area contributed by atoms with Crippen molar-refractivity contribution in [3.63, 3.8) is 0 Å². The van der Waals surface area contributed by atoms with E-state index in [0.717, 1.165) is 31.4 Å². The SMILES string of the molecule is O=C(Nc1ccc(Cl)c(Cl)c1)C1CCCCN1C(=O)c1ccc(CN2CCCC2=O)cc1. The van der Waals surface area contributed by atoms with Crippen molar-refractivity contribution in [1.29, 1.82) is 0 Å². The van der Waals surface area contributed by atoms with Crippen LogP contribution in [0.1, 0.15) is 48.0 Å². The molecular formula is C24H25Cl2N3O3. The minimum atomic E-state index is -0.549. The Bertz CT molecular complexity index is 1030. The highest BCUT2D eigenvalue weighted by molar-refractivity contribution is 6.42. The summed E-state index contributed by atoms with van der Waals surface area (Å²) < 4.78 is 0. The largest absolute Gasteiger partial charge is 0.338 e. The Morgan fingerprint density at radius 1 is 0.969 bits per heavy atom. The monoisotopic (exact) mass is 473 g/mol. The van der Waals surface area contributed by atoms with E-state index < -0.39 is 6.04 Å². The summed E-state index contributed by atoms with van der Waals surface area (Å²) in [5, 5.41) is 3.63. The number of rotatable bonds is 5. The molecule has 32 heavy (non-hydrogen) atoms. The zero-order valence-corrected chi connectivity index (χ0v) is 19.2. The molecule has 8 heteroatoms. The van der Waals surface area contributed by atoms with Crippen LogP contribution in [0.5, 0.6) is 0 Å². The average molecular weight is 474 g/mol. The van der Waals surface area contributed by atoms with E-state index in [2.05, 4.69) is 5.32 Å². The molecule has 0 spiro atoms. The number of carbonyl (C=O) groups is 3. The number of anilines is 1. The summed E-state index contributed by atoms with van der Waals surface area (Å²) in [6, 6.07) is 11.7. The molecule has 2 saturated heterocycles. The van der Waals surface area contributed by atoms with Crippen molar-refractivity contribution in [2.75, 3.05) is 18.4 Å². The average Bonchev–Trinajstić information content (AvgIpc) is 3.20. The fraction of sp³-hybridized carbons (Fsp3) is 0.375. The van der Waals surface area contributed by atoms with Crippen LogP contribution >= 0.6 is 23.2 Å². The van der Waals surface area contributed by atoms with Gasteiger partial charge >= 0.3 is 0 Å². The lowest BCUT2D eigenvalue weighted by atomic mass is 9.99. The van der Waals surface area contributed by atoms with Crippen molar-refractivity contribution >= 4 is 46.6 Å². The number of carbonyl (C=O) groups excluding carboxylic acids is 3. The molecule has 1 N–H and O–H groups in total. The number of hydrogen-bond donors (Lipinski definition) is 1. The van der Waals surface area contributed by atoms with Crippen LogP contribution in [-0.2, 0) is 16.1 Å². The fourth-order valence-electron chi connectivity index (χ4n) is 4.26. The zero-order chi connectivity index (χ0) is 22.7. The lowest BCUT2D eigenvalue weighted by Gasteiger charge is -2.34. The summed E-state index contributed by atoms with van der Waals surface area (Å²) >= 11 is 12.0. The summed E-state index contributed by atoms with van der Waals surface area (Å²) in [7, 11) is 0. The van der Waals surface area contributed by atoms with E-state index in [1.54, 1.807) is 35.2 Å². The number of nitrogens with zero attached hydrogens (tertiary/aromatic N) is 2. The van der Waals surface area contributed by atoms with Crippen LogP contribution in [0.15, 0.2) is 42.5 Å². The second kappa shape index (κ2) is 9.92. The van der Waals surface area contributed by atoms with E-state index in [1.807, 2.05) is 17.0 Å². The molecule has 2 aromatic rings. The van der Waals surface area contributed by atoms with E-state index in [1.165, 1.54) is 0 Å². The summed E-state index contributed by atoms with van der Waals surface area (Å²) in [5.41, 5.74) is 2.07. The molecule has 0 aromatic heterocycles. The molecule has 2 fully saturated rings. The second-order valence-corrected chi connectivity index (χ2v) is 9.06. The van der Waals surface area contributed by atoms with Crippen molar-refractivity contribution in [1.82, 2.24) is 9.80 Å². The molecule has 4 rings (SSSR count). The van der Waals surface area contributed by atoms with Crippen molar-refractivity contribution in [2.45, 2.75) is 44.7 Å².